The van der Waals surface area contributed by atoms with Crippen molar-refractivity contribution in [1.82, 2.24) is 9.11 Å². The van der Waals surface area contributed by atoms with Gasteiger partial charge >= 0.3 is 6.18 Å². The molecule has 1 heterocycles. The van der Waals surface area contributed by atoms with Crippen molar-refractivity contribution in [3.05, 3.63) is 29.1 Å². The SMILES string of the molecule is CS(=O)(=O)NSCCC(c1nc(C(F)(F)F)ccc1C#N)C1CCCC1. The quantitative estimate of drug-likeness (QED) is 0.549. The lowest BCUT2D eigenvalue weighted by molar-refractivity contribution is -0.141. The van der Waals surface area contributed by atoms with E-state index in [-0.39, 0.29) is 23.1 Å². The van der Waals surface area contributed by atoms with Gasteiger partial charge in [0.25, 0.3) is 0 Å². The lowest BCUT2D eigenvalue weighted by Gasteiger charge is -2.24. The molecule has 0 aromatic carbocycles. The summed E-state index contributed by atoms with van der Waals surface area (Å²) in [7, 11) is -3.35. The zero-order chi connectivity index (χ0) is 19.4. The molecule has 1 N–H and O–H groups in total. The first-order valence-electron chi connectivity index (χ1n) is 8.18. The summed E-state index contributed by atoms with van der Waals surface area (Å²) in [6.07, 6.45) is 0.649. The number of rotatable bonds is 7. The molecule has 2 rings (SSSR count). The van der Waals surface area contributed by atoms with Gasteiger partial charge in [0.1, 0.15) is 11.8 Å². The molecular weight excluding hydrogens is 387 g/mol. The summed E-state index contributed by atoms with van der Waals surface area (Å²) < 4.78 is 63.8. The van der Waals surface area contributed by atoms with E-state index in [9.17, 15) is 26.9 Å². The number of nitrogens with zero attached hydrogens (tertiary/aromatic N) is 2. The Balaban J connectivity index is 2.28. The van der Waals surface area contributed by atoms with Crippen molar-refractivity contribution < 1.29 is 21.6 Å². The van der Waals surface area contributed by atoms with Crippen LogP contribution in [0.4, 0.5) is 13.2 Å². The van der Waals surface area contributed by atoms with Crippen molar-refractivity contribution in [3.63, 3.8) is 0 Å². The highest BCUT2D eigenvalue weighted by Gasteiger charge is 2.35. The van der Waals surface area contributed by atoms with Crippen LogP contribution < -0.4 is 4.13 Å². The minimum absolute atomic E-state index is 0.149. The normalized spacial score (nSPS) is 17.2. The Morgan fingerprint density at radius 1 is 1.38 bits per heavy atom. The Hall–Kier alpha value is -1.31. The molecule has 0 aliphatic heterocycles. The van der Waals surface area contributed by atoms with Crippen LogP contribution in [0.2, 0.25) is 0 Å². The van der Waals surface area contributed by atoms with E-state index >= 15 is 0 Å². The molecule has 26 heavy (non-hydrogen) atoms. The highest BCUT2D eigenvalue weighted by atomic mass is 32.3. The average molecular weight is 407 g/mol. The largest absolute Gasteiger partial charge is 0.433 e. The molecule has 144 valence electrons. The van der Waals surface area contributed by atoms with E-state index in [1.54, 1.807) is 0 Å². The van der Waals surface area contributed by atoms with Crippen molar-refractivity contribution in [2.45, 2.75) is 44.2 Å². The van der Waals surface area contributed by atoms with Gasteiger partial charge in [0.2, 0.25) is 10.0 Å². The Labute approximate surface area is 155 Å². The molecule has 0 radical (unpaired) electrons. The predicted octanol–water partition coefficient (Wildman–Crippen LogP) is 3.83. The molecular formula is C16H20F3N3O2S2. The molecule has 1 aromatic heterocycles. The van der Waals surface area contributed by atoms with Crippen LogP contribution in [0.15, 0.2) is 12.1 Å². The molecule has 1 aliphatic rings. The molecule has 1 fully saturated rings. The second-order valence-electron chi connectivity index (χ2n) is 6.38. The summed E-state index contributed by atoms with van der Waals surface area (Å²) in [5.41, 5.74) is -0.679. The molecule has 1 aromatic rings. The molecule has 1 atom stereocenters. The topological polar surface area (TPSA) is 82.8 Å². The van der Waals surface area contributed by atoms with E-state index in [0.717, 1.165) is 50.0 Å². The Kier molecular flexibility index (Phi) is 6.93. The highest BCUT2D eigenvalue weighted by molar-refractivity contribution is 8.08. The zero-order valence-corrected chi connectivity index (χ0v) is 15.8. The number of nitrogens with one attached hydrogen (secondary N) is 1. The second-order valence-corrected chi connectivity index (χ2v) is 9.29. The predicted molar refractivity (Wildman–Crippen MR) is 93.7 cm³/mol. The standard InChI is InChI=1S/C16H20F3N3O2S2/c1-26(23,24)22-25-9-8-13(11-4-2-3-5-11)15-12(10-20)6-7-14(21-15)16(17,18)19/h6-7,11,13,22H,2-5,8-9H2,1H3. The fourth-order valence-electron chi connectivity index (χ4n) is 3.30. The van der Waals surface area contributed by atoms with E-state index in [2.05, 4.69) is 9.11 Å². The molecule has 0 bridgehead atoms. The van der Waals surface area contributed by atoms with Crippen LogP contribution in [0.25, 0.3) is 0 Å². The molecule has 10 heteroatoms. The Morgan fingerprint density at radius 3 is 2.58 bits per heavy atom. The minimum Gasteiger partial charge on any atom is -0.247 e. The monoisotopic (exact) mass is 407 g/mol. The molecule has 1 aliphatic carbocycles. The van der Waals surface area contributed by atoms with Gasteiger partial charge in [-0.1, -0.05) is 24.8 Å². The summed E-state index contributed by atoms with van der Waals surface area (Å²) in [5.74, 6) is 0.233. The number of pyridine rings is 1. The van der Waals surface area contributed by atoms with Crippen LogP contribution in [-0.2, 0) is 16.2 Å². The van der Waals surface area contributed by atoms with Crippen molar-refractivity contribution >= 4 is 22.0 Å². The third kappa shape index (κ3) is 5.86. The van der Waals surface area contributed by atoms with Crippen LogP contribution in [0.1, 0.15) is 55.0 Å². The third-order valence-corrected chi connectivity index (χ3v) is 6.52. The minimum atomic E-state index is -4.57. The average Bonchev–Trinajstić information content (AvgIpc) is 3.06. The van der Waals surface area contributed by atoms with Crippen LogP contribution >= 0.6 is 11.9 Å². The lowest BCUT2D eigenvalue weighted by atomic mass is 9.84. The zero-order valence-electron chi connectivity index (χ0n) is 14.2. The smallest absolute Gasteiger partial charge is 0.247 e. The van der Waals surface area contributed by atoms with Gasteiger partial charge < -0.3 is 0 Å². The fraction of sp³-hybridized carbons (Fsp3) is 0.625. The lowest BCUT2D eigenvalue weighted by Crippen LogP contribution is -2.19. The summed E-state index contributed by atoms with van der Waals surface area (Å²) >= 11 is 0.994. The molecule has 5 nitrogen and oxygen atoms in total. The molecule has 0 saturated heterocycles. The number of nitriles is 1. The number of halogens is 3. The Bertz CT molecular complexity index is 770. The van der Waals surface area contributed by atoms with Gasteiger partial charge in [0.15, 0.2) is 0 Å². The van der Waals surface area contributed by atoms with Crippen LogP contribution in [0, 0.1) is 17.2 Å². The van der Waals surface area contributed by atoms with Crippen molar-refractivity contribution in [3.8, 4) is 6.07 Å². The van der Waals surface area contributed by atoms with Gasteiger partial charge in [-0.3, -0.25) is 0 Å². The summed E-state index contributed by atoms with van der Waals surface area (Å²) in [4.78, 5) is 3.79. The van der Waals surface area contributed by atoms with Crippen molar-refractivity contribution in [2.75, 3.05) is 12.0 Å². The maximum absolute atomic E-state index is 13.1. The fourth-order valence-corrected chi connectivity index (χ4v) is 4.86. The first-order valence-corrected chi connectivity index (χ1v) is 11.1. The van der Waals surface area contributed by atoms with Gasteiger partial charge in [0, 0.05) is 11.7 Å². The number of hydrogen-bond donors (Lipinski definition) is 1. The van der Waals surface area contributed by atoms with Crippen LogP contribution in [-0.4, -0.2) is 25.4 Å². The molecule has 1 unspecified atom stereocenters. The number of aromatic nitrogens is 1. The van der Waals surface area contributed by atoms with Crippen LogP contribution in [0.5, 0.6) is 0 Å². The van der Waals surface area contributed by atoms with Gasteiger partial charge in [-0.2, -0.15) is 22.6 Å². The number of sulfonamides is 1. The van der Waals surface area contributed by atoms with Gasteiger partial charge in [-0.05, 0) is 37.3 Å². The summed E-state index contributed by atoms with van der Waals surface area (Å²) in [6, 6.07) is 3.95. The van der Waals surface area contributed by atoms with E-state index < -0.39 is 21.9 Å². The van der Waals surface area contributed by atoms with Gasteiger partial charge in [-0.15, -0.1) is 0 Å². The maximum atomic E-state index is 13.1. The Morgan fingerprint density at radius 2 is 2.04 bits per heavy atom. The van der Waals surface area contributed by atoms with Gasteiger partial charge in [-0.25, -0.2) is 13.4 Å². The molecule has 0 spiro atoms. The molecule has 1 saturated carbocycles. The summed E-state index contributed by atoms with van der Waals surface area (Å²) in [5, 5.41) is 9.31. The number of hydrogen-bond acceptors (Lipinski definition) is 5. The first-order chi connectivity index (χ1) is 12.1. The van der Waals surface area contributed by atoms with Crippen molar-refractivity contribution in [1.29, 1.82) is 5.26 Å². The van der Waals surface area contributed by atoms with Crippen LogP contribution in [0.3, 0.4) is 0 Å². The second kappa shape index (κ2) is 8.59. The first kappa shape index (κ1) is 21.0. The van der Waals surface area contributed by atoms with E-state index in [0.29, 0.717) is 12.2 Å². The molecule has 0 amide bonds. The third-order valence-electron chi connectivity index (χ3n) is 4.40. The van der Waals surface area contributed by atoms with E-state index in [1.165, 1.54) is 6.07 Å². The van der Waals surface area contributed by atoms with E-state index in [4.69, 9.17) is 0 Å². The maximum Gasteiger partial charge on any atom is 0.433 e. The van der Waals surface area contributed by atoms with Gasteiger partial charge in [0.05, 0.1) is 17.5 Å². The summed E-state index contributed by atoms with van der Waals surface area (Å²) in [6.45, 7) is 0. The van der Waals surface area contributed by atoms with Crippen molar-refractivity contribution in [2.24, 2.45) is 5.92 Å². The number of alkyl halides is 3. The highest BCUT2D eigenvalue weighted by Crippen LogP contribution is 2.41. The van der Waals surface area contributed by atoms with E-state index in [1.807, 2.05) is 6.07 Å².